The minimum absolute atomic E-state index is 0.120. The molecular formula is C13H22O3. The Balaban J connectivity index is 1.94. The van der Waals surface area contributed by atoms with Gasteiger partial charge in [0.15, 0.2) is 5.60 Å². The average Bonchev–Trinajstić information content (AvgIpc) is 2.86. The van der Waals surface area contributed by atoms with Gasteiger partial charge in [0.25, 0.3) is 0 Å². The number of ether oxygens (including phenoxy) is 2. The lowest BCUT2D eigenvalue weighted by Crippen LogP contribution is -2.33. The quantitative estimate of drug-likeness (QED) is 0.420. The standard InChI is InChI=1S/C13H22O3/c1-3-4-10-15-11(14)13-9-7-5-6-8-12(13,2)16-13/h3-10H2,1-2H3. The molecule has 0 amide bonds. The number of carbonyl (C=O) groups excluding carboxylic acids is 1. The summed E-state index contributed by atoms with van der Waals surface area (Å²) in [5.74, 6) is -0.120. The van der Waals surface area contributed by atoms with E-state index in [-0.39, 0.29) is 11.6 Å². The van der Waals surface area contributed by atoms with E-state index < -0.39 is 5.60 Å². The number of hydrogen-bond acceptors (Lipinski definition) is 3. The highest BCUT2D eigenvalue weighted by atomic mass is 16.7. The third-order valence-electron chi connectivity index (χ3n) is 3.96. The van der Waals surface area contributed by atoms with Crippen LogP contribution >= 0.6 is 0 Å². The van der Waals surface area contributed by atoms with Crippen LogP contribution in [0.2, 0.25) is 0 Å². The maximum atomic E-state index is 12.0. The zero-order valence-electron chi connectivity index (χ0n) is 10.4. The number of esters is 1. The lowest BCUT2D eigenvalue weighted by atomic mass is 9.90. The van der Waals surface area contributed by atoms with Crippen LogP contribution in [0.1, 0.15) is 58.8 Å². The van der Waals surface area contributed by atoms with Crippen LogP contribution in [-0.4, -0.2) is 23.8 Å². The first-order valence-electron chi connectivity index (χ1n) is 6.52. The van der Waals surface area contributed by atoms with Gasteiger partial charge < -0.3 is 9.47 Å². The Morgan fingerprint density at radius 3 is 2.81 bits per heavy atom. The first-order chi connectivity index (χ1) is 7.65. The maximum absolute atomic E-state index is 12.0. The molecule has 2 aliphatic rings. The molecule has 1 saturated heterocycles. The third kappa shape index (κ3) is 1.86. The van der Waals surface area contributed by atoms with Crippen LogP contribution in [0.3, 0.4) is 0 Å². The van der Waals surface area contributed by atoms with Crippen molar-refractivity contribution in [2.24, 2.45) is 0 Å². The van der Waals surface area contributed by atoms with Crippen LogP contribution in [0.15, 0.2) is 0 Å². The van der Waals surface area contributed by atoms with E-state index in [4.69, 9.17) is 9.47 Å². The molecule has 0 radical (unpaired) electrons. The fourth-order valence-corrected chi connectivity index (χ4v) is 2.73. The van der Waals surface area contributed by atoms with Crippen LogP contribution in [0, 0.1) is 0 Å². The maximum Gasteiger partial charge on any atom is 0.341 e. The second-order valence-corrected chi connectivity index (χ2v) is 5.21. The summed E-state index contributed by atoms with van der Waals surface area (Å²) in [7, 11) is 0. The number of rotatable bonds is 4. The Hall–Kier alpha value is -0.570. The molecule has 1 aliphatic carbocycles. The van der Waals surface area contributed by atoms with Crippen molar-refractivity contribution in [3.8, 4) is 0 Å². The van der Waals surface area contributed by atoms with Crippen molar-refractivity contribution in [2.45, 2.75) is 70.0 Å². The molecule has 92 valence electrons. The van der Waals surface area contributed by atoms with Crippen LogP contribution in [0.4, 0.5) is 0 Å². The Morgan fingerprint density at radius 2 is 2.06 bits per heavy atom. The second-order valence-electron chi connectivity index (χ2n) is 5.21. The molecule has 1 aliphatic heterocycles. The number of unbranched alkanes of at least 4 members (excludes halogenated alkanes) is 1. The molecule has 16 heavy (non-hydrogen) atoms. The molecule has 0 aromatic rings. The molecule has 3 heteroatoms. The van der Waals surface area contributed by atoms with Crippen LogP contribution in [-0.2, 0) is 14.3 Å². The van der Waals surface area contributed by atoms with E-state index in [1.807, 2.05) is 0 Å². The topological polar surface area (TPSA) is 38.8 Å². The van der Waals surface area contributed by atoms with Gasteiger partial charge in [-0.25, -0.2) is 4.79 Å². The predicted molar refractivity (Wildman–Crippen MR) is 61.2 cm³/mol. The largest absolute Gasteiger partial charge is 0.463 e. The molecule has 0 N–H and O–H groups in total. The van der Waals surface area contributed by atoms with Crippen molar-refractivity contribution >= 4 is 5.97 Å². The summed E-state index contributed by atoms with van der Waals surface area (Å²) >= 11 is 0. The summed E-state index contributed by atoms with van der Waals surface area (Å²) in [4.78, 5) is 12.0. The summed E-state index contributed by atoms with van der Waals surface area (Å²) in [5.41, 5.74) is -0.815. The highest BCUT2D eigenvalue weighted by Crippen LogP contribution is 2.56. The van der Waals surface area contributed by atoms with E-state index in [1.165, 1.54) is 12.8 Å². The van der Waals surface area contributed by atoms with Crippen molar-refractivity contribution in [1.82, 2.24) is 0 Å². The summed E-state index contributed by atoms with van der Waals surface area (Å²) in [5, 5.41) is 0. The fraction of sp³-hybridized carbons (Fsp3) is 0.923. The smallest absolute Gasteiger partial charge is 0.341 e. The highest BCUT2D eigenvalue weighted by Gasteiger charge is 2.72. The number of fused-ring (bicyclic) bond motifs is 1. The van der Waals surface area contributed by atoms with Crippen molar-refractivity contribution in [3.05, 3.63) is 0 Å². The molecule has 1 saturated carbocycles. The second kappa shape index (κ2) is 4.36. The Morgan fingerprint density at radius 1 is 1.31 bits per heavy atom. The van der Waals surface area contributed by atoms with E-state index >= 15 is 0 Å². The molecular weight excluding hydrogens is 204 g/mol. The van der Waals surface area contributed by atoms with Crippen molar-refractivity contribution in [2.75, 3.05) is 6.61 Å². The van der Waals surface area contributed by atoms with Crippen molar-refractivity contribution < 1.29 is 14.3 Å². The van der Waals surface area contributed by atoms with E-state index in [0.717, 1.165) is 32.1 Å². The third-order valence-corrected chi connectivity index (χ3v) is 3.96. The van der Waals surface area contributed by atoms with Gasteiger partial charge in [-0.15, -0.1) is 0 Å². The van der Waals surface area contributed by atoms with Gasteiger partial charge in [0.2, 0.25) is 0 Å². The molecule has 0 bridgehead atoms. The van der Waals surface area contributed by atoms with Crippen LogP contribution in [0.5, 0.6) is 0 Å². The summed E-state index contributed by atoms with van der Waals surface area (Å²) in [6, 6.07) is 0. The van der Waals surface area contributed by atoms with Crippen molar-refractivity contribution in [1.29, 1.82) is 0 Å². The predicted octanol–water partition coefficient (Wildman–Crippen LogP) is 2.82. The van der Waals surface area contributed by atoms with Crippen LogP contribution in [0.25, 0.3) is 0 Å². The zero-order valence-corrected chi connectivity index (χ0v) is 10.4. The van der Waals surface area contributed by atoms with Gasteiger partial charge in [-0.2, -0.15) is 0 Å². The van der Waals surface area contributed by atoms with Crippen LogP contribution < -0.4 is 0 Å². The Labute approximate surface area is 97.5 Å². The Kier molecular flexibility index (Phi) is 3.24. The van der Waals surface area contributed by atoms with Crippen molar-refractivity contribution in [3.63, 3.8) is 0 Å². The van der Waals surface area contributed by atoms with Gasteiger partial charge >= 0.3 is 5.97 Å². The first kappa shape index (κ1) is 11.9. The van der Waals surface area contributed by atoms with E-state index in [1.54, 1.807) is 0 Å². The fourth-order valence-electron chi connectivity index (χ4n) is 2.73. The lowest BCUT2D eigenvalue weighted by molar-refractivity contribution is -0.150. The van der Waals surface area contributed by atoms with Gasteiger partial charge in [0.1, 0.15) is 5.60 Å². The Bertz CT molecular complexity index is 276. The molecule has 0 spiro atoms. The molecule has 0 aromatic heterocycles. The summed E-state index contributed by atoms with van der Waals surface area (Å²) in [6.45, 7) is 4.69. The molecule has 2 atom stereocenters. The minimum atomic E-state index is -0.586. The number of epoxide rings is 1. The molecule has 1 heterocycles. The zero-order chi connectivity index (χ0) is 11.6. The van der Waals surface area contributed by atoms with Gasteiger partial charge in [-0.05, 0) is 32.6 Å². The number of carbonyl (C=O) groups is 1. The van der Waals surface area contributed by atoms with Gasteiger partial charge in [-0.3, -0.25) is 0 Å². The highest BCUT2D eigenvalue weighted by molar-refractivity contribution is 5.84. The molecule has 2 unspecified atom stereocenters. The van der Waals surface area contributed by atoms with E-state index in [9.17, 15) is 4.79 Å². The van der Waals surface area contributed by atoms with E-state index in [2.05, 4.69) is 13.8 Å². The lowest BCUT2D eigenvalue weighted by Gasteiger charge is -2.13. The molecule has 3 nitrogen and oxygen atoms in total. The molecule has 0 aromatic carbocycles. The minimum Gasteiger partial charge on any atom is -0.463 e. The SMILES string of the molecule is CCCCOC(=O)C12CCCCCC1(C)O2. The van der Waals surface area contributed by atoms with E-state index in [0.29, 0.717) is 6.61 Å². The molecule has 2 rings (SSSR count). The monoisotopic (exact) mass is 226 g/mol. The first-order valence-corrected chi connectivity index (χ1v) is 6.52. The number of hydrogen-bond donors (Lipinski definition) is 0. The van der Waals surface area contributed by atoms with Gasteiger partial charge in [-0.1, -0.05) is 26.2 Å². The molecule has 2 fully saturated rings. The summed E-state index contributed by atoms with van der Waals surface area (Å²) in [6.07, 6.45) is 7.29. The summed E-state index contributed by atoms with van der Waals surface area (Å²) < 4.78 is 11.1. The average molecular weight is 226 g/mol. The van der Waals surface area contributed by atoms with Gasteiger partial charge in [0, 0.05) is 0 Å². The normalized spacial score (nSPS) is 37.4. The van der Waals surface area contributed by atoms with Gasteiger partial charge in [0.05, 0.1) is 6.61 Å².